The monoisotopic (exact) mass is 633 g/mol. The fourth-order valence-corrected chi connectivity index (χ4v) is 5.97. The first-order valence-electron chi connectivity index (χ1n) is 14.9. The molecule has 45 heavy (non-hydrogen) atoms. The summed E-state index contributed by atoms with van der Waals surface area (Å²) in [6, 6.07) is 12.8. The van der Waals surface area contributed by atoms with Gasteiger partial charge in [0.2, 0.25) is 24.6 Å². The number of carbonyl (C=O) groups excluding carboxylic acids is 2. The van der Waals surface area contributed by atoms with Gasteiger partial charge in [-0.15, -0.1) is 0 Å². The van der Waals surface area contributed by atoms with E-state index in [9.17, 15) is 9.59 Å². The normalized spacial score (nSPS) is 17.0. The molecular formula is C32H36ClN7O5. The van der Waals surface area contributed by atoms with Gasteiger partial charge < -0.3 is 34.6 Å². The van der Waals surface area contributed by atoms with Crippen molar-refractivity contribution in [2.24, 2.45) is 0 Å². The number of halogens is 1. The van der Waals surface area contributed by atoms with E-state index in [2.05, 4.69) is 20.5 Å². The summed E-state index contributed by atoms with van der Waals surface area (Å²) in [7, 11) is 1.58. The second-order valence-corrected chi connectivity index (χ2v) is 11.5. The predicted octanol–water partition coefficient (Wildman–Crippen LogP) is 3.02. The van der Waals surface area contributed by atoms with Crippen LogP contribution in [0.25, 0.3) is 0 Å². The molecule has 236 valence electrons. The van der Waals surface area contributed by atoms with E-state index in [0.717, 1.165) is 22.6 Å². The van der Waals surface area contributed by atoms with E-state index >= 15 is 0 Å². The molecule has 2 N–H and O–H groups in total. The van der Waals surface area contributed by atoms with Gasteiger partial charge in [-0.1, -0.05) is 23.7 Å². The Balaban J connectivity index is 1.15. The van der Waals surface area contributed by atoms with Crippen LogP contribution in [0.15, 0.2) is 54.9 Å². The smallest absolute Gasteiger partial charge is 0.233 e. The van der Waals surface area contributed by atoms with E-state index in [0.29, 0.717) is 67.5 Å². The molecule has 1 atom stereocenters. The van der Waals surface area contributed by atoms with Gasteiger partial charge in [0.1, 0.15) is 11.6 Å². The van der Waals surface area contributed by atoms with Crippen LogP contribution in [0.2, 0.25) is 5.02 Å². The number of aryl methyl sites for hydroxylation is 1. The van der Waals surface area contributed by atoms with Crippen molar-refractivity contribution in [3.05, 3.63) is 76.7 Å². The van der Waals surface area contributed by atoms with Crippen molar-refractivity contribution in [3.63, 3.8) is 0 Å². The average Bonchev–Trinajstić information content (AvgIpc) is 3.74. The van der Waals surface area contributed by atoms with Gasteiger partial charge in [0.05, 0.1) is 31.3 Å². The highest BCUT2D eigenvalue weighted by Crippen LogP contribution is 2.33. The second-order valence-electron chi connectivity index (χ2n) is 11.1. The molecule has 3 aliphatic rings. The number of methoxy groups -OCH3 is 1. The molecule has 2 aromatic carbocycles. The van der Waals surface area contributed by atoms with Crippen molar-refractivity contribution >= 4 is 35.2 Å². The Morgan fingerprint density at radius 2 is 1.93 bits per heavy atom. The van der Waals surface area contributed by atoms with Crippen molar-refractivity contribution < 1.29 is 23.8 Å². The van der Waals surface area contributed by atoms with Gasteiger partial charge in [0.15, 0.2) is 11.5 Å². The van der Waals surface area contributed by atoms with Crippen molar-refractivity contribution in [2.75, 3.05) is 56.6 Å². The highest BCUT2D eigenvalue weighted by atomic mass is 35.5. The SMILES string of the molecule is COc1ccc(CCNC(=O)CC2CN(C(=O)Cc3ccc4c(c3)OCO4)CCN2c2cc(C)nc(N3C=CNC3)n2)cc1Cl. The molecule has 0 saturated carbocycles. The maximum atomic E-state index is 13.5. The molecule has 13 heteroatoms. The molecule has 1 aromatic heterocycles. The number of carbonyl (C=O) groups is 2. The molecule has 1 unspecified atom stereocenters. The molecule has 0 bridgehead atoms. The number of ether oxygens (including phenoxy) is 3. The second kappa shape index (κ2) is 13.5. The van der Waals surface area contributed by atoms with Crippen LogP contribution < -0.4 is 34.6 Å². The standard InChI is InChI=1S/C32H36ClN7O5/c1-21-13-29(37-32(36-21)39-10-9-34-19-39)40-12-11-38(31(42)16-23-4-6-27-28(15-23)45-20-44-27)18-24(40)17-30(41)35-8-7-22-3-5-26(43-2)25(33)14-22/h3-6,9-10,13-15,24,34H,7-8,11-12,16-20H2,1-2H3,(H,35,41). The lowest BCUT2D eigenvalue weighted by Gasteiger charge is -2.42. The number of piperazine rings is 1. The van der Waals surface area contributed by atoms with Crippen molar-refractivity contribution in [1.29, 1.82) is 0 Å². The van der Waals surface area contributed by atoms with Gasteiger partial charge in [-0.2, -0.15) is 4.98 Å². The molecule has 0 radical (unpaired) electrons. The third-order valence-corrected chi connectivity index (χ3v) is 8.31. The number of aromatic nitrogens is 2. The van der Waals surface area contributed by atoms with Crippen molar-refractivity contribution in [3.8, 4) is 17.2 Å². The highest BCUT2D eigenvalue weighted by molar-refractivity contribution is 6.32. The number of anilines is 2. The number of hydrogen-bond acceptors (Lipinski definition) is 10. The summed E-state index contributed by atoms with van der Waals surface area (Å²) in [4.78, 5) is 42.1. The number of rotatable bonds is 10. The summed E-state index contributed by atoms with van der Waals surface area (Å²) in [5.41, 5.74) is 2.66. The zero-order valence-electron chi connectivity index (χ0n) is 25.3. The largest absolute Gasteiger partial charge is 0.495 e. The Kier molecular flexibility index (Phi) is 9.11. The molecule has 12 nitrogen and oxygen atoms in total. The maximum absolute atomic E-state index is 13.5. The summed E-state index contributed by atoms with van der Waals surface area (Å²) in [6.45, 7) is 4.56. The highest BCUT2D eigenvalue weighted by Gasteiger charge is 2.33. The van der Waals surface area contributed by atoms with E-state index in [1.807, 2.05) is 71.6 Å². The summed E-state index contributed by atoms with van der Waals surface area (Å²) < 4.78 is 16.1. The van der Waals surface area contributed by atoms with Gasteiger partial charge in [-0.3, -0.25) is 14.5 Å². The Labute approximate surface area is 266 Å². The van der Waals surface area contributed by atoms with E-state index < -0.39 is 0 Å². The first-order valence-corrected chi connectivity index (χ1v) is 15.3. The van der Waals surface area contributed by atoms with Gasteiger partial charge in [0.25, 0.3) is 0 Å². The molecule has 0 spiro atoms. The number of nitrogens with one attached hydrogen (secondary N) is 2. The fourth-order valence-electron chi connectivity index (χ4n) is 5.69. The Morgan fingerprint density at radius 3 is 2.73 bits per heavy atom. The number of benzene rings is 2. The lowest BCUT2D eigenvalue weighted by molar-refractivity contribution is -0.132. The average molecular weight is 634 g/mol. The first-order chi connectivity index (χ1) is 21.9. The van der Waals surface area contributed by atoms with Crippen LogP contribution in [-0.2, 0) is 22.4 Å². The van der Waals surface area contributed by atoms with E-state index in [-0.39, 0.29) is 37.5 Å². The number of nitrogens with zero attached hydrogens (tertiary/aromatic N) is 5. The van der Waals surface area contributed by atoms with Crippen LogP contribution in [0.5, 0.6) is 17.2 Å². The van der Waals surface area contributed by atoms with Gasteiger partial charge in [-0.05, 0) is 48.7 Å². The summed E-state index contributed by atoms with van der Waals surface area (Å²) in [5.74, 6) is 3.13. The maximum Gasteiger partial charge on any atom is 0.233 e. The third-order valence-electron chi connectivity index (χ3n) is 8.01. The van der Waals surface area contributed by atoms with E-state index in [1.54, 1.807) is 7.11 Å². The molecule has 3 aromatic rings. The summed E-state index contributed by atoms with van der Waals surface area (Å²) >= 11 is 6.27. The van der Waals surface area contributed by atoms with Crippen LogP contribution in [0, 0.1) is 6.92 Å². The zero-order chi connectivity index (χ0) is 31.3. The number of fused-ring (bicyclic) bond motifs is 1. The molecule has 3 aliphatic heterocycles. The third kappa shape index (κ3) is 7.17. The minimum absolute atomic E-state index is 0.0110. The summed E-state index contributed by atoms with van der Waals surface area (Å²) in [5, 5.41) is 6.72. The molecular weight excluding hydrogens is 598 g/mol. The quantitative estimate of drug-likeness (QED) is 0.345. The van der Waals surface area contributed by atoms with Crippen LogP contribution in [0.4, 0.5) is 11.8 Å². The van der Waals surface area contributed by atoms with Crippen molar-refractivity contribution in [1.82, 2.24) is 25.5 Å². The Morgan fingerprint density at radius 1 is 1.09 bits per heavy atom. The van der Waals surface area contributed by atoms with Crippen LogP contribution in [0.3, 0.4) is 0 Å². The molecule has 1 fully saturated rings. The molecule has 0 aliphatic carbocycles. The van der Waals surface area contributed by atoms with Crippen molar-refractivity contribution in [2.45, 2.75) is 32.2 Å². The van der Waals surface area contributed by atoms with E-state index in [4.69, 9.17) is 30.8 Å². The van der Waals surface area contributed by atoms with E-state index in [1.165, 1.54) is 0 Å². The topological polar surface area (TPSA) is 121 Å². The first kappa shape index (κ1) is 30.3. The molecule has 4 heterocycles. The Bertz CT molecular complexity index is 1600. The molecule has 2 amide bonds. The zero-order valence-corrected chi connectivity index (χ0v) is 26.0. The lowest BCUT2D eigenvalue weighted by Crippen LogP contribution is -2.56. The van der Waals surface area contributed by atoms with Crippen LogP contribution in [-0.4, -0.2) is 79.5 Å². The lowest BCUT2D eigenvalue weighted by atomic mass is 10.1. The van der Waals surface area contributed by atoms with Gasteiger partial charge >= 0.3 is 0 Å². The summed E-state index contributed by atoms with van der Waals surface area (Å²) in [6.07, 6.45) is 4.79. The Hall–Kier alpha value is -4.71. The van der Waals surface area contributed by atoms with Gasteiger partial charge in [0, 0.05) is 56.8 Å². The number of amides is 2. The van der Waals surface area contributed by atoms with Gasteiger partial charge in [-0.25, -0.2) is 4.98 Å². The molecule has 6 rings (SSSR count). The molecule has 1 saturated heterocycles. The number of hydrogen-bond donors (Lipinski definition) is 2. The fraction of sp³-hybridized carbons (Fsp3) is 0.375. The van der Waals surface area contributed by atoms with Crippen LogP contribution in [0.1, 0.15) is 23.2 Å². The van der Waals surface area contributed by atoms with Crippen LogP contribution >= 0.6 is 11.6 Å². The minimum atomic E-state index is -0.288. The predicted molar refractivity (Wildman–Crippen MR) is 170 cm³/mol. The minimum Gasteiger partial charge on any atom is -0.495 e.